The van der Waals surface area contributed by atoms with Gasteiger partial charge < -0.3 is 19.9 Å². The second-order valence-electron chi connectivity index (χ2n) is 6.08. The quantitative estimate of drug-likeness (QED) is 0.765. The van der Waals surface area contributed by atoms with Crippen LogP contribution in [0.25, 0.3) is 0 Å². The zero-order valence-corrected chi connectivity index (χ0v) is 14.8. The lowest BCUT2D eigenvalue weighted by Crippen LogP contribution is -2.47. The second-order valence-corrected chi connectivity index (χ2v) is 7.40. The van der Waals surface area contributed by atoms with E-state index in [1.165, 1.54) is 0 Å². The van der Waals surface area contributed by atoms with Crippen LogP contribution in [0.5, 0.6) is 5.75 Å². The van der Waals surface area contributed by atoms with Crippen molar-refractivity contribution in [3.8, 4) is 5.75 Å². The van der Waals surface area contributed by atoms with E-state index in [1.54, 1.807) is 32.9 Å². The molecule has 0 bridgehead atoms. The Morgan fingerprint density at radius 1 is 1.59 bits per heavy atom. The Morgan fingerprint density at radius 3 is 2.82 bits per heavy atom. The van der Waals surface area contributed by atoms with Crippen LogP contribution in [0.1, 0.15) is 26.3 Å². The summed E-state index contributed by atoms with van der Waals surface area (Å²) in [4.78, 5) is 11.7. The fraction of sp³-hybridized carbons (Fsp3) is 0.500. The largest absolute Gasteiger partial charge is 0.484 e. The van der Waals surface area contributed by atoms with Gasteiger partial charge in [-0.25, -0.2) is 4.79 Å². The van der Waals surface area contributed by atoms with E-state index in [0.717, 1.165) is 0 Å². The van der Waals surface area contributed by atoms with Gasteiger partial charge in [0, 0.05) is 10.0 Å². The topological polar surface area (TPSA) is 67.8 Å². The number of halogens is 2. The number of nitrogens with one attached hydrogen (secondary N) is 1. The van der Waals surface area contributed by atoms with Gasteiger partial charge in [0.2, 0.25) is 0 Å². The van der Waals surface area contributed by atoms with Gasteiger partial charge in [-0.3, -0.25) is 0 Å². The number of rotatable bonds is 2. The predicted octanol–water partition coefficient (Wildman–Crippen LogP) is 2.70. The molecule has 0 spiro atoms. The number of benzene rings is 1. The smallest absolute Gasteiger partial charge is 0.407 e. The molecule has 1 amide bonds. The Morgan fingerprint density at radius 2 is 2.23 bits per heavy atom. The van der Waals surface area contributed by atoms with Gasteiger partial charge in [-0.15, -0.1) is 0 Å². The maximum Gasteiger partial charge on any atom is 0.407 e. The van der Waals surface area contributed by atoms with Crippen molar-refractivity contribution < 1.29 is 19.4 Å². The van der Waals surface area contributed by atoms with Crippen molar-refractivity contribution in [1.82, 2.24) is 5.32 Å². The Bertz CT molecular complexity index is 603. The van der Waals surface area contributed by atoms with Crippen LogP contribution in [0.3, 0.4) is 0 Å². The molecule has 2 radical (unpaired) electrons. The maximum atomic E-state index is 11.7. The summed E-state index contributed by atoms with van der Waals surface area (Å²) in [7, 11) is 5.94. The summed E-state index contributed by atoms with van der Waals surface area (Å²) >= 11 is 9.37. The minimum Gasteiger partial charge on any atom is -0.484 e. The maximum absolute atomic E-state index is 11.7. The second kappa shape index (κ2) is 5.94. The van der Waals surface area contributed by atoms with E-state index in [0.29, 0.717) is 20.8 Å². The number of ether oxygens (including phenoxy) is 2. The predicted molar refractivity (Wildman–Crippen MR) is 87.5 cm³/mol. The first-order valence-electron chi connectivity index (χ1n) is 6.65. The Labute approximate surface area is 143 Å². The highest BCUT2D eigenvalue weighted by atomic mass is 79.9. The fourth-order valence-electron chi connectivity index (χ4n) is 2.07. The van der Waals surface area contributed by atoms with E-state index < -0.39 is 23.3 Å². The van der Waals surface area contributed by atoms with Crippen LogP contribution in [0.15, 0.2) is 16.6 Å². The van der Waals surface area contributed by atoms with Gasteiger partial charge in [-0.1, -0.05) is 27.5 Å². The molecule has 1 heterocycles. The highest BCUT2D eigenvalue weighted by molar-refractivity contribution is 9.10. The summed E-state index contributed by atoms with van der Waals surface area (Å²) in [5.74, 6) is 0.311. The van der Waals surface area contributed by atoms with Crippen molar-refractivity contribution in [2.24, 2.45) is 0 Å². The zero-order chi connectivity index (χ0) is 16.7. The van der Waals surface area contributed by atoms with Crippen LogP contribution in [-0.4, -0.2) is 37.3 Å². The molecular formula is C14H16BBrClNO4. The fourth-order valence-corrected chi connectivity index (χ4v) is 2.92. The monoisotopic (exact) mass is 387 g/mol. The molecule has 5 nitrogen and oxygen atoms in total. The summed E-state index contributed by atoms with van der Waals surface area (Å²) in [5.41, 5.74) is -2.02. The number of carbonyl (C=O) groups excluding carboxylic acids is 1. The number of alkyl carbamates (subject to hydrolysis) is 1. The van der Waals surface area contributed by atoms with Crippen LogP contribution in [0.2, 0.25) is 5.02 Å². The molecule has 22 heavy (non-hydrogen) atoms. The molecular weight excluding hydrogens is 372 g/mol. The molecule has 1 aromatic rings. The van der Waals surface area contributed by atoms with Gasteiger partial charge in [-0.05, 0) is 32.9 Å². The SMILES string of the molecule is [B]C1(O)c2cc(Br)cc(Cl)c2OC1CNC(=O)OC(C)(C)C. The molecule has 1 aliphatic heterocycles. The van der Waals surface area contributed by atoms with E-state index in [2.05, 4.69) is 21.2 Å². The molecule has 0 aromatic heterocycles. The molecule has 1 aliphatic rings. The van der Waals surface area contributed by atoms with E-state index >= 15 is 0 Å². The highest BCUT2D eigenvalue weighted by Crippen LogP contribution is 2.45. The summed E-state index contributed by atoms with van der Waals surface area (Å²) in [6.45, 7) is 5.24. The third-order valence-electron chi connectivity index (χ3n) is 3.02. The van der Waals surface area contributed by atoms with Gasteiger partial charge >= 0.3 is 6.09 Å². The Balaban J connectivity index is 2.09. The summed E-state index contributed by atoms with van der Waals surface area (Å²) in [6, 6.07) is 3.27. The van der Waals surface area contributed by atoms with Crippen LogP contribution in [0.4, 0.5) is 4.79 Å². The first kappa shape index (κ1) is 17.4. The van der Waals surface area contributed by atoms with Crippen LogP contribution in [-0.2, 0) is 10.2 Å². The third-order valence-corrected chi connectivity index (χ3v) is 3.76. The van der Waals surface area contributed by atoms with Crippen molar-refractivity contribution in [3.05, 3.63) is 27.2 Å². The molecule has 8 heteroatoms. The molecule has 0 fully saturated rings. The van der Waals surface area contributed by atoms with Crippen molar-refractivity contribution >= 4 is 41.5 Å². The van der Waals surface area contributed by atoms with Crippen LogP contribution in [0, 0.1) is 0 Å². The summed E-state index contributed by atoms with van der Waals surface area (Å²) < 4.78 is 11.4. The number of carbonyl (C=O) groups is 1. The van der Waals surface area contributed by atoms with Crippen molar-refractivity contribution in [3.63, 3.8) is 0 Å². The molecule has 2 unspecified atom stereocenters. The number of hydrogen-bond donors (Lipinski definition) is 2. The van der Waals surface area contributed by atoms with Crippen LogP contribution >= 0.6 is 27.5 Å². The lowest BCUT2D eigenvalue weighted by atomic mass is 9.73. The number of hydrogen-bond acceptors (Lipinski definition) is 4. The van der Waals surface area contributed by atoms with Gasteiger partial charge in [0.25, 0.3) is 0 Å². The normalized spacial score (nSPS) is 23.6. The molecule has 0 saturated heterocycles. The summed E-state index contributed by atoms with van der Waals surface area (Å²) in [5, 5.41) is 13.3. The van der Waals surface area contributed by atoms with Gasteiger partial charge in [0.05, 0.1) is 17.1 Å². The van der Waals surface area contributed by atoms with Gasteiger partial charge in [0.1, 0.15) is 25.3 Å². The third kappa shape index (κ3) is 3.70. The van der Waals surface area contributed by atoms with Crippen molar-refractivity contribution in [2.45, 2.75) is 38.0 Å². The minimum atomic E-state index is -1.77. The Hall–Kier alpha value is -0.915. The highest BCUT2D eigenvalue weighted by Gasteiger charge is 2.44. The molecule has 0 saturated carbocycles. The average molecular weight is 388 g/mol. The lowest BCUT2D eigenvalue weighted by molar-refractivity contribution is 0.0223. The number of fused-ring (bicyclic) bond motifs is 1. The molecule has 2 atom stereocenters. The van der Waals surface area contributed by atoms with E-state index in [1.807, 2.05) is 0 Å². The Kier molecular flexibility index (Phi) is 4.71. The average Bonchev–Trinajstić information content (AvgIpc) is 2.57. The van der Waals surface area contributed by atoms with Gasteiger partial charge in [-0.2, -0.15) is 0 Å². The number of aliphatic hydroxyl groups is 1. The zero-order valence-electron chi connectivity index (χ0n) is 12.4. The first-order valence-corrected chi connectivity index (χ1v) is 7.82. The molecule has 2 N–H and O–H groups in total. The summed E-state index contributed by atoms with van der Waals surface area (Å²) in [6.07, 6.45) is -1.49. The molecule has 0 aliphatic carbocycles. The van der Waals surface area contributed by atoms with Gasteiger partial charge in [0.15, 0.2) is 0 Å². The molecule has 2 rings (SSSR count). The van der Waals surface area contributed by atoms with Crippen LogP contribution < -0.4 is 10.1 Å². The standard InChI is InChI=1S/C14H16BBrClNO4/c1-13(2,3)22-12(19)18-6-10-14(15,20)8-4-7(16)5-9(17)11(8)21-10/h4-5,10,20H,6H2,1-3H3,(H,18,19). The molecule has 1 aromatic carbocycles. The van der Waals surface area contributed by atoms with Crippen molar-refractivity contribution in [2.75, 3.05) is 6.54 Å². The molecule has 118 valence electrons. The van der Waals surface area contributed by atoms with E-state index in [9.17, 15) is 9.90 Å². The van der Waals surface area contributed by atoms with Crippen molar-refractivity contribution in [1.29, 1.82) is 0 Å². The first-order chi connectivity index (χ1) is 10.0. The lowest BCUT2D eigenvalue weighted by Gasteiger charge is -2.26. The van der Waals surface area contributed by atoms with E-state index in [4.69, 9.17) is 28.9 Å². The van der Waals surface area contributed by atoms with E-state index in [-0.39, 0.29) is 6.54 Å². The minimum absolute atomic E-state index is 0.0233. The number of amides is 1.